The van der Waals surface area contributed by atoms with Crippen molar-refractivity contribution in [3.63, 3.8) is 0 Å². The largest absolute Gasteiger partial charge is 0.480 e. The van der Waals surface area contributed by atoms with Crippen LogP contribution in [0.25, 0.3) is 0 Å². The second-order valence-corrected chi connectivity index (χ2v) is 4.93. The Morgan fingerprint density at radius 3 is 2.32 bits per heavy atom. The van der Waals surface area contributed by atoms with Gasteiger partial charge in [-0.1, -0.05) is 26.7 Å². The quantitative estimate of drug-likeness (QED) is 0.501. The lowest BCUT2D eigenvalue weighted by Crippen LogP contribution is -2.43. The monoisotopic (exact) mass is 272 g/mol. The number of nitrogens with one attached hydrogen (secondary N) is 1. The zero-order valence-electron chi connectivity index (χ0n) is 12.2. The fraction of sp³-hybridized carbons (Fsp3) is 0.857. The number of nitrogens with two attached hydrogens (primary N) is 1. The SMILES string of the molecule is CCCCC(CC)C(=O)NC(CCCCN)C(=O)O. The van der Waals surface area contributed by atoms with Crippen LogP contribution >= 0.6 is 0 Å². The summed E-state index contributed by atoms with van der Waals surface area (Å²) in [7, 11) is 0. The summed E-state index contributed by atoms with van der Waals surface area (Å²) >= 11 is 0. The van der Waals surface area contributed by atoms with E-state index >= 15 is 0 Å². The molecule has 0 saturated heterocycles. The van der Waals surface area contributed by atoms with Crippen LogP contribution in [0.2, 0.25) is 0 Å². The summed E-state index contributed by atoms with van der Waals surface area (Å²) in [5.41, 5.74) is 5.38. The molecule has 0 aliphatic carbocycles. The van der Waals surface area contributed by atoms with Crippen LogP contribution in [0.4, 0.5) is 0 Å². The fourth-order valence-electron chi connectivity index (χ4n) is 2.01. The lowest BCUT2D eigenvalue weighted by atomic mass is 9.97. The van der Waals surface area contributed by atoms with Gasteiger partial charge in [0.15, 0.2) is 0 Å². The van der Waals surface area contributed by atoms with E-state index in [1.54, 1.807) is 0 Å². The molecule has 0 bridgehead atoms. The first kappa shape index (κ1) is 17.9. The van der Waals surface area contributed by atoms with E-state index in [0.717, 1.165) is 38.5 Å². The molecule has 19 heavy (non-hydrogen) atoms. The van der Waals surface area contributed by atoms with Crippen molar-refractivity contribution in [2.75, 3.05) is 6.54 Å². The number of amides is 1. The van der Waals surface area contributed by atoms with E-state index < -0.39 is 12.0 Å². The summed E-state index contributed by atoms with van der Waals surface area (Å²) < 4.78 is 0. The number of carbonyl (C=O) groups is 2. The summed E-state index contributed by atoms with van der Waals surface area (Å²) in [6.45, 7) is 4.59. The Morgan fingerprint density at radius 2 is 1.84 bits per heavy atom. The highest BCUT2D eigenvalue weighted by molar-refractivity contribution is 5.84. The van der Waals surface area contributed by atoms with Crippen molar-refractivity contribution in [1.82, 2.24) is 5.32 Å². The lowest BCUT2D eigenvalue weighted by molar-refractivity contribution is -0.142. The Labute approximate surface area is 115 Å². The molecular formula is C14H28N2O3. The van der Waals surface area contributed by atoms with Gasteiger partial charge in [-0.05, 0) is 38.6 Å². The van der Waals surface area contributed by atoms with Gasteiger partial charge in [0, 0.05) is 5.92 Å². The van der Waals surface area contributed by atoms with Gasteiger partial charge in [0.1, 0.15) is 6.04 Å². The first-order chi connectivity index (χ1) is 9.06. The molecule has 5 nitrogen and oxygen atoms in total. The Bertz CT molecular complexity index is 269. The summed E-state index contributed by atoms with van der Waals surface area (Å²) in [6, 6.07) is -0.783. The molecular weight excluding hydrogens is 244 g/mol. The molecule has 2 unspecified atom stereocenters. The topological polar surface area (TPSA) is 92.4 Å². The highest BCUT2D eigenvalue weighted by atomic mass is 16.4. The molecule has 0 fully saturated rings. The van der Waals surface area contributed by atoms with Gasteiger partial charge in [0.05, 0.1) is 0 Å². The van der Waals surface area contributed by atoms with E-state index in [1.807, 2.05) is 6.92 Å². The van der Waals surface area contributed by atoms with Gasteiger partial charge in [0.25, 0.3) is 0 Å². The number of carbonyl (C=O) groups excluding carboxylic acids is 1. The number of rotatable bonds is 11. The summed E-state index contributed by atoms with van der Waals surface area (Å²) in [5.74, 6) is -1.16. The van der Waals surface area contributed by atoms with E-state index in [-0.39, 0.29) is 11.8 Å². The van der Waals surface area contributed by atoms with E-state index in [4.69, 9.17) is 10.8 Å². The maximum Gasteiger partial charge on any atom is 0.326 e. The Balaban J connectivity index is 4.30. The maximum absolute atomic E-state index is 12.0. The minimum absolute atomic E-state index is 0.0729. The highest BCUT2D eigenvalue weighted by Crippen LogP contribution is 2.13. The van der Waals surface area contributed by atoms with Crippen LogP contribution < -0.4 is 11.1 Å². The molecule has 4 N–H and O–H groups in total. The van der Waals surface area contributed by atoms with E-state index in [9.17, 15) is 9.59 Å². The van der Waals surface area contributed by atoms with Gasteiger partial charge < -0.3 is 16.2 Å². The summed E-state index contributed by atoms with van der Waals surface area (Å²) in [5, 5.41) is 11.8. The molecule has 5 heteroatoms. The predicted octanol–water partition coefficient (Wildman–Crippen LogP) is 1.90. The standard InChI is InChI=1S/C14H28N2O3/c1-3-5-8-11(4-2)13(17)16-12(14(18)19)9-6-7-10-15/h11-12H,3-10,15H2,1-2H3,(H,16,17)(H,18,19). The first-order valence-electron chi connectivity index (χ1n) is 7.30. The molecule has 1 amide bonds. The fourth-order valence-corrected chi connectivity index (χ4v) is 2.01. The van der Waals surface area contributed by atoms with E-state index in [0.29, 0.717) is 13.0 Å². The van der Waals surface area contributed by atoms with E-state index in [2.05, 4.69) is 12.2 Å². The maximum atomic E-state index is 12.0. The molecule has 0 aliphatic heterocycles. The Kier molecular flexibility index (Phi) is 10.2. The van der Waals surface area contributed by atoms with Gasteiger partial charge >= 0.3 is 5.97 Å². The third kappa shape index (κ3) is 7.82. The van der Waals surface area contributed by atoms with Gasteiger partial charge in [-0.25, -0.2) is 4.79 Å². The van der Waals surface area contributed by atoms with E-state index in [1.165, 1.54) is 0 Å². The van der Waals surface area contributed by atoms with Gasteiger partial charge in [-0.15, -0.1) is 0 Å². The molecule has 0 radical (unpaired) electrons. The Morgan fingerprint density at radius 1 is 1.16 bits per heavy atom. The average molecular weight is 272 g/mol. The van der Waals surface area contributed by atoms with Crippen LogP contribution in [0, 0.1) is 5.92 Å². The number of carboxylic acid groups (broad SMARTS) is 1. The molecule has 0 aromatic carbocycles. The summed E-state index contributed by atoms with van der Waals surface area (Å²) in [6.07, 6.45) is 5.57. The third-order valence-electron chi connectivity index (χ3n) is 3.33. The van der Waals surface area contributed by atoms with Crippen LogP contribution in [0.1, 0.15) is 58.8 Å². The molecule has 2 atom stereocenters. The molecule has 0 aromatic heterocycles. The van der Waals surface area contributed by atoms with Crippen molar-refractivity contribution in [3.8, 4) is 0 Å². The zero-order valence-corrected chi connectivity index (χ0v) is 12.2. The minimum atomic E-state index is -0.962. The van der Waals surface area contributed by atoms with Crippen LogP contribution in [0.15, 0.2) is 0 Å². The first-order valence-corrected chi connectivity index (χ1v) is 7.30. The number of aliphatic carboxylic acids is 1. The highest BCUT2D eigenvalue weighted by Gasteiger charge is 2.23. The van der Waals surface area contributed by atoms with Crippen molar-refractivity contribution in [2.24, 2.45) is 11.7 Å². The van der Waals surface area contributed by atoms with Crippen molar-refractivity contribution in [1.29, 1.82) is 0 Å². The number of hydrogen-bond donors (Lipinski definition) is 3. The van der Waals surface area contributed by atoms with Crippen LogP contribution in [-0.2, 0) is 9.59 Å². The lowest BCUT2D eigenvalue weighted by Gasteiger charge is -2.19. The second kappa shape index (κ2) is 10.8. The number of carboxylic acids is 1. The van der Waals surface area contributed by atoms with Crippen molar-refractivity contribution < 1.29 is 14.7 Å². The summed E-state index contributed by atoms with van der Waals surface area (Å²) in [4.78, 5) is 23.1. The molecule has 0 saturated carbocycles. The Hall–Kier alpha value is -1.10. The average Bonchev–Trinajstić information content (AvgIpc) is 2.38. The molecule has 0 spiro atoms. The van der Waals surface area contributed by atoms with Gasteiger partial charge in [-0.2, -0.15) is 0 Å². The van der Waals surface area contributed by atoms with Crippen LogP contribution in [-0.4, -0.2) is 29.6 Å². The molecule has 0 rings (SSSR count). The smallest absolute Gasteiger partial charge is 0.326 e. The number of unbranched alkanes of at least 4 members (excludes halogenated alkanes) is 2. The number of hydrogen-bond acceptors (Lipinski definition) is 3. The predicted molar refractivity (Wildman–Crippen MR) is 75.8 cm³/mol. The van der Waals surface area contributed by atoms with Gasteiger partial charge in [0.2, 0.25) is 5.91 Å². The van der Waals surface area contributed by atoms with Gasteiger partial charge in [-0.3, -0.25) is 4.79 Å². The molecule has 112 valence electrons. The van der Waals surface area contributed by atoms with Crippen LogP contribution in [0.3, 0.4) is 0 Å². The van der Waals surface area contributed by atoms with Crippen molar-refractivity contribution >= 4 is 11.9 Å². The van der Waals surface area contributed by atoms with Crippen LogP contribution in [0.5, 0.6) is 0 Å². The van der Waals surface area contributed by atoms with Crippen molar-refractivity contribution in [3.05, 3.63) is 0 Å². The normalized spacial score (nSPS) is 13.8. The second-order valence-electron chi connectivity index (χ2n) is 4.93. The third-order valence-corrected chi connectivity index (χ3v) is 3.33. The minimum Gasteiger partial charge on any atom is -0.480 e. The molecule has 0 heterocycles. The molecule has 0 aliphatic rings. The molecule has 0 aromatic rings. The van der Waals surface area contributed by atoms with Crippen molar-refractivity contribution in [2.45, 2.75) is 64.8 Å². The zero-order chi connectivity index (χ0) is 14.7.